The zero-order valence-electron chi connectivity index (χ0n) is 9.69. The highest BCUT2D eigenvalue weighted by atomic mass is 79.9. The molecule has 2 rings (SSSR count). The highest BCUT2D eigenvalue weighted by Crippen LogP contribution is 2.27. The van der Waals surface area contributed by atoms with Gasteiger partial charge in [-0.1, -0.05) is 28.1 Å². The van der Waals surface area contributed by atoms with Gasteiger partial charge in [-0.05, 0) is 11.6 Å². The summed E-state index contributed by atoms with van der Waals surface area (Å²) < 4.78 is 13.8. The maximum absolute atomic E-state index is 13.8. The summed E-state index contributed by atoms with van der Waals surface area (Å²) in [6.07, 6.45) is 0. The Morgan fingerprint density at radius 3 is 2.63 bits per heavy atom. The Labute approximate surface area is 117 Å². The number of rotatable bonds is 2. The molecule has 7 heteroatoms. The Hall–Kier alpha value is -2.20. The summed E-state index contributed by atoms with van der Waals surface area (Å²) in [6, 6.07) is 6.45. The van der Waals surface area contributed by atoms with Crippen molar-refractivity contribution in [2.24, 2.45) is 0 Å². The molecule has 0 bridgehead atoms. The van der Waals surface area contributed by atoms with E-state index in [4.69, 9.17) is 16.7 Å². The van der Waals surface area contributed by atoms with Crippen LogP contribution in [-0.4, -0.2) is 9.97 Å². The van der Waals surface area contributed by atoms with Crippen LogP contribution in [0.4, 0.5) is 16.2 Å². The highest BCUT2D eigenvalue weighted by Gasteiger charge is 2.14. The van der Waals surface area contributed by atoms with Crippen LogP contribution >= 0.6 is 15.9 Å². The SMILES string of the molecule is N#Cc1c(N)nc(N)nc1-c1ccc(CBr)c(F)c1. The maximum Gasteiger partial charge on any atom is 0.222 e. The molecule has 1 aromatic heterocycles. The summed E-state index contributed by atoms with van der Waals surface area (Å²) in [6.45, 7) is 0. The summed E-state index contributed by atoms with van der Waals surface area (Å²) in [5.74, 6) is -0.472. The number of halogens is 2. The number of nitrogen functional groups attached to an aromatic ring is 2. The normalized spacial score (nSPS) is 10.2. The first kappa shape index (κ1) is 13.2. The van der Waals surface area contributed by atoms with E-state index in [0.29, 0.717) is 16.5 Å². The van der Waals surface area contributed by atoms with Crippen molar-refractivity contribution in [2.75, 3.05) is 11.5 Å². The topological polar surface area (TPSA) is 102 Å². The summed E-state index contributed by atoms with van der Waals surface area (Å²) in [5, 5.41) is 9.47. The third-order valence-electron chi connectivity index (χ3n) is 2.54. The number of nitriles is 1. The molecule has 0 saturated heterocycles. The first-order chi connectivity index (χ1) is 9.06. The predicted octanol–water partition coefficient (Wildman–Crippen LogP) is 2.21. The van der Waals surface area contributed by atoms with E-state index < -0.39 is 5.82 Å². The zero-order valence-corrected chi connectivity index (χ0v) is 11.3. The van der Waals surface area contributed by atoms with Crippen LogP contribution < -0.4 is 11.5 Å². The Kier molecular flexibility index (Phi) is 3.62. The Morgan fingerprint density at radius 1 is 1.32 bits per heavy atom. The Morgan fingerprint density at radius 2 is 2.05 bits per heavy atom. The smallest absolute Gasteiger partial charge is 0.222 e. The van der Waals surface area contributed by atoms with Crippen molar-refractivity contribution in [3.05, 3.63) is 35.1 Å². The second kappa shape index (κ2) is 5.20. The van der Waals surface area contributed by atoms with Gasteiger partial charge in [-0.25, -0.2) is 9.37 Å². The lowest BCUT2D eigenvalue weighted by Gasteiger charge is -2.08. The molecule has 0 unspecified atom stereocenters. The molecule has 2 aromatic rings. The van der Waals surface area contributed by atoms with Gasteiger partial charge in [0.05, 0.1) is 5.69 Å². The molecule has 0 saturated carbocycles. The van der Waals surface area contributed by atoms with Crippen LogP contribution in [0.15, 0.2) is 18.2 Å². The van der Waals surface area contributed by atoms with Crippen molar-refractivity contribution in [1.29, 1.82) is 5.26 Å². The predicted molar refractivity (Wildman–Crippen MR) is 73.6 cm³/mol. The number of nitrogens with zero attached hydrogens (tertiary/aromatic N) is 3. The van der Waals surface area contributed by atoms with Crippen LogP contribution in [0.1, 0.15) is 11.1 Å². The van der Waals surface area contributed by atoms with Gasteiger partial charge in [-0.15, -0.1) is 0 Å². The van der Waals surface area contributed by atoms with Crippen molar-refractivity contribution in [3.8, 4) is 17.3 Å². The fourth-order valence-corrected chi connectivity index (χ4v) is 2.07. The number of benzene rings is 1. The summed E-state index contributed by atoms with van der Waals surface area (Å²) in [4.78, 5) is 7.66. The minimum Gasteiger partial charge on any atom is -0.382 e. The number of hydrogen-bond acceptors (Lipinski definition) is 5. The molecule has 5 nitrogen and oxygen atoms in total. The van der Waals surface area contributed by atoms with Crippen molar-refractivity contribution >= 4 is 27.7 Å². The molecule has 4 N–H and O–H groups in total. The van der Waals surface area contributed by atoms with Gasteiger partial charge in [0.15, 0.2) is 0 Å². The average Bonchev–Trinajstić information content (AvgIpc) is 2.37. The largest absolute Gasteiger partial charge is 0.382 e. The van der Waals surface area contributed by atoms with E-state index in [1.165, 1.54) is 6.07 Å². The van der Waals surface area contributed by atoms with Gasteiger partial charge in [-0.2, -0.15) is 10.2 Å². The molecule has 1 aromatic carbocycles. The molecule has 19 heavy (non-hydrogen) atoms. The maximum atomic E-state index is 13.8. The fourth-order valence-electron chi connectivity index (χ4n) is 1.62. The summed E-state index contributed by atoms with van der Waals surface area (Å²) in [7, 11) is 0. The highest BCUT2D eigenvalue weighted by molar-refractivity contribution is 9.08. The average molecular weight is 322 g/mol. The number of nitrogens with two attached hydrogens (primary N) is 2. The molecule has 0 aliphatic heterocycles. The van der Waals surface area contributed by atoms with Gasteiger partial charge < -0.3 is 11.5 Å². The minimum absolute atomic E-state index is 0.0185. The molecule has 0 spiro atoms. The van der Waals surface area contributed by atoms with Crippen LogP contribution in [0.5, 0.6) is 0 Å². The molecule has 0 radical (unpaired) electrons. The first-order valence-electron chi connectivity index (χ1n) is 5.24. The lowest BCUT2D eigenvalue weighted by molar-refractivity contribution is 0.618. The van der Waals surface area contributed by atoms with Gasteiger partial charge in [0.1, 0.15) is 23.3 Å². The van der Waals surface area contributed by atoms with Crippen LogP contribution in [0.25, 0.3) is 11.3 Å². The third-order valence-corrected chi connectivity index (χ3v) is 3.14. The van der Waals surface area contributed by atoms with Crippen LogP contribution in [0, 0.1) is 17.1 Å². The number of hydrogen-bond donors (Lipinski definition) is 2. The van der Waals surface area contributed by atoms with Crippen molar-refractivity contribution in [2.45, 2.75) is 5.33 Å². The van der Waals surface area contributed by atoms with E-state index >= 15 is 0 Å². The van der Waals surface area contributed by atoms with Gasteiger partial charge in [0, 0.05) is 10.9 Å². The van der Waals surface area contributed by atoms with Crippen molar-refractivity contribution in [3.63, 3.8) is 0 Å². The summed E-state index contributed by atoms with van der Waals surface area (Å²) in [5.41, 5.74) is 12.4. The first-order valence-corrected chi connectivity index (χ1v) is 6.36. The monoisotopic (exact) mass is 321 g/mol. The van der Waals surface area contributed by atoms with Gasteiger partial charge in [0.25, 0.3) is 0 Å². The van der Waals surface area contributed by atoms with Crippen LogP contribution in [0.2, 0.25) is 0 Å². The van der Waals surface area contributed by atoms with E-state index in [9.17, 15) is 4.39 Å². The van der Waals surface area contributed by atoms with Gasteiger partial charge >= 0.3 is 0 Å². The molecule has 0 amide bonds. The minimum atomic E-state index is -0.394. The van der Waals surface area contributed by atoms with E-state index in [1.807, 2.05) is 6.07 Å². The standard InChI is InChI=1S/C12H9BrFN5/c13-4-7-2-1-6(3-9(7)14)10-8(5-15)11(16)19-12(17)18-10/h1-3H,4H2,(H4,16,17,18,19). The van der Waals surface area contributed by atoms with Gasteiger partial charge in [0.2, 0.25) is 5.95 Å². The van der Waals surface area contributed by atoms with E-state index in [1.54, 1.807) is 12.1 Å². The van der Waals surface area contributed by atoms with Crippen molar-refractivity contribution < 1.29 is 4.39 Å². The quantitative estimate of drug-likeness (QED) is 0.826. The Bertz CT molecular complexity index is 681. The van der Waals surface area contributed by atoms with E-state index in [-0.39, 0.29) is 23.0 Å². The second-order valence-electron chi connectivity index (χ2n) is 3.74. The number of anilines is 2. The molecule has 0 aliphatic carbocycles. The molecular weight excluding hydrogens is 313 g/mol. The molecular formula is C12H9BrFN5. The summed E-state index contributed by atoms with van der Waals surface area (Å²) >= 11 is 3.18. The van der Waals surface area contributed by atoms with Crippen molar-refractivity contribution in [1.82, 2.24) is 9.97 Å². The Balaban J connectivity index is 2.65. The lowest BCUT2D eigenvalue weighted by Crippen LogP contribution is -2.05. The molecule has 0 aliphatic rings. The molecule has 0 atom stereocenters. The van der Waals surface area contributed by atoms with E-state index in [0.717, 1.165) is 0 Å². The lowest BCUT2D eigenvalue weighted by atomic mass is 10.1. The zero-order chi connectivity index (χ0) is 14.0. The number of alkyl halides is 1. The number of aromatic nitrogens is 2. The second-order valence-corrected chi connectivity index (χ2v) is 4.30. The molecule has 0 fully saturated rings. The van der Waals surface area contributed by atoms with Gasteiger partial charge in [-0.3, -0.25) is 0 Å². The van der Waals surface area contributed by atoms with Crippen LogP contribution in [0.3, 0.4) is 0 Å². The third kappa shape index (κ3) is 2.48. The molecule has 1 heterocycles. The van der Waals surface area contributed by atoms with E-state index in [2.05, 4.69) is 25.9 Å². The molecule has 96 valence electrons. The van der Waals surface area contributed by atoms with Crippen LogP contribution in [-0.2, 0) is 5.33 Å². The fraction of sp³-hybridized carbons (Fsp3) is 0.0833.